The molecule has 0 aliphatic rings. The first-order valence-electron chi connectivity index (χ1n) is 16.9. The monoisotopic (exact) mass is 799 g/mol. The molecular formula is C45H48MnO2P4+5. The normalized spacial score (nSPS) is 10.2. The zero-order valence-electron chi connectivity index (χ0n) is 29.7. The van der Waals surface area contributed by atoms with Gasteiger partial charge in [0.25, 0.3) is 0 Å². The van der Waals surface area contributed by atoms with E-state index < -0.39 is 23.8 Å². The smallest absolute Gasteiger partial charge is 0.358 e. The third-order valence-electron chi connectivity index (χ3n) is 8.77. The SMILES string of the molecule is [C-]#[O+].[C-]#[O+].[CH3-].[Mn+3].c1ccc(P(CC[PH+](CC[PH+](c2ccccc2)c2ccccc2)CC[PH+](c2ccccc2)c2ccccc2)c2ccccc2)cc1. The molecule has 0 bridgehead atoms. The fourth-order valence-corrected chi connectivity index (χ4v) is 20.2. The maximum Gasteiger partial charge on any atom is 3.00 e. The topological polar surface area (TPSA) is 39.8 Å². The van der Waals surface area contributed by atoms with Crippen molar-refractivity contribution in [3.8, 4) is 0 Å². The van der Waals surface area contributed by atoms with Crippen molar-refractivity contribution in [1.82, 2.24) is 0 Å². The summed E-state index contributed by atoms with van der Waals surface area (Å²) >= 11 is 0. The van der Waals surface area contributed by atoms with E-state index in [2.05, 4.69) is 195 Å². The van der Waals surface area contributed by atoms with Gasteiger partial charge in [-0.1, -0.05) is 133 Å². The Kier molecular flexibility index (Phi) is 23.2. The molecule has 7 heteroatoms. The van der Waals surface area contributed by atoms with E-state index in [4.69, 9.17) is 9.30 Å². The predicted molar refractivity (Wildman–Crippen MR) is 232 cm³/mol. The van der Waals surface area contributed by atoms with Gasteiger partial charge in [-0.15, -0.1) is 0 Å². The van der Waals surface area contributed by atoms with Crippen molar-refractivity contribution in [3.05, 3.63) is 203 Å². The molecule has 262 valence electrons. The molecule has 6 aromatic rings. The van der Waals surface area contributed by atoms with Crippen LogP contribution in [-0.2, 0) is 26.4 Å². The van der Waals surface area contributed by atoms with Crippen LogP contribution in [0.2, 0.25) is 0 Å². The first-order chi connectivity index (χ1) is 24.8. The average Bonchev–Trinajstić information content (AvgIpc) is 3.22. The molecule has 0 unspecified atom stereocenters. The summed E-state index contributed by atoms with van der Waals surface area (Å²) in [5.74, 6) is 0. The standard InChI is InChI=1S/C42H42P4.2CO.CH3.Mn/c1-7-19-37(20-8-1)44(38-21-9-2-10-22-38)34-31-43(32-35-45(39-23-11-3-12-24-39)40-25-13-4-14-26-40)33-36-46(41-27-15-5-16-28-41)42-29-17-6-18-30-42;2*1-2;;/h1-30H,31-36H2;;;1H3;/q;;;-1;+3/p+3. The zero-order valence-corrected chi connectivity index (χ0v) is 34.8. The van der Waals surface area contributed by atoms with Crippen molar-refractivity contribution in [2.45, 2.75) is 0 Å². The van der Waals surface area contributed by atoms with Crippen molar-refractivity contribution < 1.29 is 26.4 Å². The fraction of sp³-hybridized carbons (Fsp3) is 0.133. The molecule has 0 aliphatic heterocycles. The molecule has 0 aliphatic carbocycles. The molecule has 0 saturated carbocycles. The molecular weight excluding hydrogens is 751 g/mol. The van der Waals surface area contributed by atoms with Crippen molar-refractivity contribution in [2.24, 2.45) is 0 Å². The Morgan fingerprint density at radius 3 is 0.885 bits per heavy atom. The summed E-state index contributed by atoms with van der Waals surface area (Å²) in [6, 6.07) is 68.2. The molecule has 0 amide bonds. The van der Waals surface area contributed by atoms with Gasteiger partial charge in [0.2, 0.25) is 0 Å². The Balaban J connectivity index is 0.00000151. The van der Waals surface area contributed by atoms with Crippen LogP contribution in [-0.4, -0.2) is 37.0 Å². The summed E-state index contributed by atoms with van der Waals surface area (Å²) in [4.78, 5) is 0. The quantitative estimate of drug-likeness (QED) is 0.0434. The van der Waals surface area contributed by atoms with Crippen LogP contribution in [0, 0.1) is 20.7 Å². The molecule has 6 aromatic carbocycles. The summed E-state index contributed by atoms with van der Waals surface area (Å²) in [7, 11) is -2.65. The van der Waals surface area contributed by atoms with Crippen LogP contribution < -0.4 is 31.8 Å². The van der Waals surface area contributed by atoms with Gasteiger partial charge in [0.1, 0.15) is 0 Å². The number of hydrogen-bond donors (Lipinski definition) is 0. The van der Waals surface area contributed by atoms with Gasteiger partial charge in [-0.2, -0.15) is 0 Å². The Hall–Kier alpha value is -2.96. The number of rotatable bonds is 15. The summed E-state index contributed by atoms with van der Waals surface area (Å²) < 4.78 is 15.0. The van der Waals surface area contributed by atoms with Crippen molar-refractivity contribution in [1.29, 1.82) is 0 Å². The molecule has 0 saturated heterocycles. The van der Waals surface area contributed by atoms with E-state index in [1.165, 1.54) is 47.6 Å². The molecule has 0 heterocycles. The average molecular weight is 800 g/mol. The molecule has 6 rings (SSSR count). The van der Waals surface area contributed by atoms with Crippen LogP contribution in [0.5, 0.6) is 0 Å². The minimum atomic E-state index is -0.838. The Morgan fingerprint density at radius 1 is 0.365 bits per heavy atom. The second-order valence-electron chi connectivity index (χ2n) is 11.7. The second-order valence-corrected chi connectivity index (χ2v) is 22.3. The fourth-order valence-electron chi connectivity index (χ4n) is 6.34. The van der Waals surface area contributed by atoms with Crippen LogP contribution in [0.15, 0.2) is 182 Å². The summed E-state index contributed by atoms with van der Waals surface area (Å²) in [5, 5.41) is 9.23. The van der Waals surface area contributed by atoms with Crippen LogP contribution >= 0.6 is 31.7 Å². The van der Waals surface area contributed by atoms with E-state index >= 15 is 0 Å². The Labute approximate surface area is 327 Å². The van der Waals surface area contributed by atoms with E-state index in [9.17, 15) is 0 Å². The van der Waals surface area contributed by atoms with E-state index in [1.54, 1.807) is 21.2 Å². The third kappa shape index (κ3) is 14.1. The van der Waals surface area contributed by atoms with E-state index in [1.807, 2.05) is 0 Å². The predicted octanol–water partition coefficient (Wildman–Crippen LogP) is 8.44. The molecule has 2 nitrogen and oxygen atoms in total. The molecule has 0 radical (unpaired) electrons. The minimum absolute atomic E-state index is 0. The number of hydrogen-bond acceptors (Lipinski definition) is 0. The van der Waals surface area contributed by atoms with Gasteiger partial charge in [0, 0.05) is 14.1 Å². The van der Waals surface area contributed by atoms with E-state index in [0.717, 1.165) is 0 Å². The van der Waals surface area contributed by atoms with Gasteiger partial charge in [0.05, 0.1) is 67.9 Å². The van der Waals surface area contributed by atoms with Gasteiger partial charge in [-0.05, 0) is 67.1 Å². The molecule has 52 heavy (non-hydrogen) atoms. The van der Waals surface area contributed by atoms with Crippen LogP contribution in [0.3, 0.4) is 0 Å². The molecule has 0 atom stereocenters. The first kappa shape index (κ1) is 45.2. The maximum absolute atomic E-state index is 7.50. The summed E-state index contributed by atoms with van der Waals surface area (Å²) in [5.41, 5.74) is 0. The van der Waals surface area contributed by atoms with Gasteiger partial charge in [0.15, 0.2) is 0 Å². The van der Waals surface area contributed by atoms with Crippen LogP contribution in [0.25, 0.3) is 0 Å². The minimum Gasteiger partial charge on any atom is -0.358 e. The summed E-state index contributed by atoms with van der Waals surface area (Å²) in [6.07, 6.45) is 8.07. The van der Waals surface area contributed by atoms with Gasteiger partial charge in [-0.3, -0.25) is 0 Å². The molecule has 0 N–H and O–H groups in total. The van der Waals surface area contributed by atoms with Crippen molar-refractivity contribution in [3.63, 3.8) is 0 Å². The summed E-state index contributed by atoms with van der Waals surface area (Å²) in [6.45, 7) is 9.00. The zero-order chi connectivity index (χ0) is 35.2. The Morgan fingerprint density at radius 2 is 0.615 bits per heavy atom. The third-order valence-corrected chi connectivity index (χ3v) is 21.2. The van der Waals surface area contributed by atoms with E-state index in [-0.39, 0.29) is 32.4 Å². The first-order valence-corrected chi connectivity index (χ1v) is 24.0. The molecule has 0 fully saturated rings. The van der Waals surface area contributed by atoms with Gasteiger partial charge < -0.3 is 7.43 Å². The molecule has 0 spiro atoms. The largest absolute Gasteiger partial charge is 3.00 e. The van der Waals surface area contributed by atoms with Gasteiger partial charge >= 0.3 is 39.7 Å². The van der Waals surface area contributed by atoms with E-state index in [0.29, 0.717) is 0 Å². The van der Waals surface area contributed by atoms with Crippen LogP contribution in [0.1, 0.15) is 0 Å². The van der Waals surface area contributed by atoms with Crippen LogP contribution in [0.4, 0.5) is 0 Å². The molecule has 0 aromatic heterocycles. The maximum atomic E-state index is 7.50. The van der Waals surface area contributed by atoms with Gasteiger partial charge in [-0.25, -0.2) is 0 Å². The number of benzene rings is 6. The second kappa shape index (κ2) is 26.7. The van der Waals surface area contributed by atoms with Crippen molar-refractivity contribution >= 4 is 63.5 Å². The van der Waals surface area contributed by atoms with Crippen molar-refractivity contribution in [2.75, 3.05) is 37.0 Å². The Bertz CT molecular complexity index is 1460.